The summed E-state index contributed by atoms with van der Waals surface area (Å²) in [5.41, 5.74) is 0. The summed E-state index contributed by atoms with van der Waals surface area (Å²) in [6.45, 7) is 3.97. The fourth-order valence-electron chi connectivity index (χ4n) is 1.79. The average molecular weight is 171 g/mol. The lowest BCUT2D eigenvalue weighted by Crippen LogP contribution is -2.39. The molecule has 0 aromatic rings. The first-order valence-electron chi connectivity index (χ1n) is 4.72. The van der Waals surface area contributed by atoms with Crippen molar-refractivity contribution in [3.05, 3.63) is 0 Å². The first-order chi connectivity index (χ1) is 5.75. The molecule has 1 aliphatic heterocycles. The van der Waals surface area contributed by atoms with Crippen LogP contribution in [0.2, 0.25) is 0 Å². The molecular formula is C9H17NO2. The molecule has 3 heteroatoms. The second-order valence-corrected chi connectivity index (χ2v) is 3.39. The molecule has 0 aromatic carbocycles. The van der Waals surface area contributed by atoms with Gasteiger partial charge in [-0.15, -0.1) is 0 Å². The molecule has 1 unspecified atom stereocenters. The molecule has 1 N–H and O–H groups in total. The third-order valence-electron chi connectivity index (χ3n) is 2.43. The van der Waals surface area contributed by atoms with Gasteiger partial charge >= 0.3 is 5.97 Å². The summed E-state index contributed by atoms with van der Waals surface area (Å²) >= 11 is 0. The van der Waals surface area contributed by atoms with E-state index >= 15 is 0 Å². The van der Waals surface area contributed by atoms with Gasteiger partial charge in [0.25, 0.3) is 0 Å². The third-order valence-corrected chi connectivity index (χ3v) is 2.43. The molecule has 0 aliphatic carbocycles. The Kier molecular flexibility index (Phi) is 3.53. The van der Waals surface area contributed by atoms with Crippen LogP contribution < -0.4 is 0 Å². The summed E-state index contributed by atoms with van der Waals surface area (Å²) in [7, 11) is 0. The van der Waals surface area contributed by atoms with Crippen LogP contribution in [0.25, 0.3) is 0 Å². The lowest BCUT2D eigenvalue weighted by molar-refractivity contribution is -0.143. The molecule has 1 aliphatic rings. The van der Waals surface area contributed by atoms with Crippen LogP contribution in [0.4, 0.5) is 0 Å². The maximum atomic E-state index is 10.8. The van der Waals surface area contributed by atoms with Gasteiger partial charge in [0.15, 0.2) is 0 Å². The Morgan fingerprint density at radius 3 is 2.50 bits per heavy atom. The summed E-state index contributed by atoms with van der Waals surface area (Å²) in [6.07, 6.45) is 4.06. The number of likely N-dealkylation sites (tertiary alicyclic amines) is 1. The predicted octanol–water partition coefficient (Wildman–Crippen LogP) is 1.34. The van der Waals surface area contributed by atoms with Crippen LogP contribution in [0.5, 0.6) is 0 Å². The smallest absolute Gasteiger partial charge is 0.320 e. The van der Waals surface area contributed by atoms with E-state index in [4.69, 9.17) is 5.11 Å². The van der Waals surface area contributed by atoms with E-state index in [9.17, 15) is 4.79 Å². The van der Waals surface area contributed by atoms with Crippen LogP contribution in [-0.2, 0) is 4.79 Å². The summed E-state index contributed by atoms with van der Waals surface area (Å²) < 4.78 is 0. The molecule has 12 heavy (non-hydrogen) atoms. The Hall–Kier alpha value is -0.570. The fraction of sp³-hybridized carbons (Fsp3) is 0.889. The first-order valence-corrected chi connectivity index (χ1v) is 4.72. The Balaban J connectivity index is 2.45. The van der Waals surface area contributed by atoms with E-state index in [1.165, 1.54) is 0 Å². The van der Waals surface area contributed by atoms with Crippen LogP contribution in [0.3, 0.4) is 0 Å². The Labute approximate surface area is 73.4 Å². The van der Waals surface area contributed by atoms with Gasteiger partial charge in [0.2, 0.25) is 0 Å². The maximum absolute atomic E-state index is 10.8. The van der Waals surface area contributed by atoms with Crippen molar-refractivity contribution in [3.63, 3.8) is 0 Å². The zero-order valence-corrected chi connectivity index (χ0v) is 7.62. The number of hydrogen-bond donors (Lipinski definition) is 1. The molecule has 0 aromatic heterocycles. The van der Waals surface area contributed by atoms with Crippen molar-refractivity contribution in [1.82, 2.24) is 4.90 Å². The lowest BCUT2D eigenvalue weighted by atomic mass is 10.1. The monoisotopic (exact) mass is 171 g/mol. The van der Waals surface area contributed by atoms with Crippen molar-refractivity contribution in [1.29, 1.82) is 0 Å². The Morgan fingerprint density at radius 2 is 2.08 bits per heavy atom. The summed E-state index contributed by atoms with van der Waals surface area (Å²) in [5.74, 6) is -0.654. The zero-order valence-electron chi connectivity index (χ0n) is 7.62. The van der Waals surface area contributed by atoms with E-state index < -0.39 is 5.97 Å². The molecule has 1 saturated heterocycles. The fourth-order valence-corrected chi connectivity index (χ4v) is 1.79. The van der Waals surface area contributed by atoms with Crippen LogP contribution in [0, 0.1) is 0 Å². The number of nitrogens with zero attached hydrogens (tertiary/aromatic N) is 1. The van der Waals surface area contributed by atoms with Gasteiger partial charge in [-0.2, -0.15) is 0 Å². The Bertz CT molecular complexity index is 153. The molecule has 70 valence electrons. The molecular weight excluding hydrogens is 154 g/mol. The summed E-state index contributed by atoms with van der Waals surface area (Å²) in [6, 6.07) is -0.225. The summed E-state index contributed by atoms with van der Waals surface area (Å²) in [5, 5.41) is 8.92. The highest BCUT2D eigenvalue weighted by Crippen LogP contribution is 2.15. The maximum Gasteiger partial charge on any atom is 0.320 e. The van der Waals surface area contributed by atoms with Crippen molar-refractivity contribution in [2.45, 2.75) is 38.6 Å². The lowest BCUT2D eigenvalue weighted by Gasteiger charge is -2.22. The predicted molar refractivity (Wildman–Crippen MR) is 47.1 cm³/mol. The van der Waals surface area contributed by atoms with E-state index in [-0.39, 0.29) is 6.04 Å². The number of carbonyl (C=O) groups is 1. The molecule has 1 rings (SSSR count). The molecule has 3 nitrogen and oxygen atoms in total. The Morgan fingerprint density at radius 1 is 1.50 bits per heavy atom. The molecule has 1 heterocycles. The van der Waals surface area contributed by atoms with Gasteiger partial charge in [-0.05, 0) is 32.4 Å². The molecule has 0 amide bonds. The molecule has 1 fully saturated rings. The van der Waals surface area contributed by atoms with E-state index in [0.717, 1.165) is 38.8 Å². The van der Waals surface area contributed by atoms with E-state index in [1.807, 2.05) is 6.92 Å². The molecule has 0 radical (unpaired) electrons. The third kappa shape index (κ3) is 2.21. The van der Waals surface area contributed by atoms with Gasteiger partial charge in [0.05, 0.1) is 0 Å². The number of carboxylic acid groups (broad SMARTS) is 1. The normalized spacial score (nSPS) is 21.1. The number of rotatable bonds is 4. The number of aliphatic carboxylic acids is 1. The standard InChI is InChI=1S/C9H17NO2/c1-2-5-8(9(11)12)10-6-3-4-7-10/h8H,2-7H2,1H3,(H,11,12). The topological polar surface area (TPSA) is 40.5 Å². The van der Waals surface area contributed by atoms with E-state index in [0.29, 0.717) is 0 Å². The van der Waals surface area contributed by atoms with E-state index in [1.54, 1.807) is 0 Å². The zero-order chi connectivity index (χ0) is 8.97. The minimum absolute atomic E-state index is 0.225. The molecule has 0 spiro atoms. The molecule has 0 bridgehead atoms. The first kappa shape index (κ1) is 9.52. The number of carboxylic acids is 1. The van der Waals surface area contributed by atoms with Crippen molar-refractivity contribution < 1.29 is 9.90 Å². The highest BCUT2D eigenvalue weighted by molar-refractivity contribution is 5.73. The second-order valence-electron chi connectivity index (χ2n) is 3.39. The van der Waals surface area contributed by atoms with Crippen LogP contribution in [0.1, 0.15) is 32.6 Å². The SMILES string of the molecule is CCCC(C(=O)O)N1CCCC1. The quantitative estimate of drug-likeness (QED) is 0.693. The van der Waals surface area contributed by atoms with E-state index in [2.05, 4.69) is 4.90 Å². The van der Waals surface area contributed by atoms with Gasteiger partial charge < -0.3 is 5.11 Å². The van der Waals surface area contributed by atoms with Crippen molar-refractivity contribution >= 4 is 5.97 Å². The number of hydrogen-bond acceptors (Lipinski definition) is 2. The van der Waals surface area contributed by atoms with Gasteiger partial charge in [0.1, 0.15) is 6.04 Å². The van der Waals surface area contributed by atoms with Crippen LogP contribution in [-0.4, -0.2) is 35.1 Å². The van der Waals surface area contributed by atoms with Gasteiger partial charge in [-0.25, -0.2) is 0 Å². The van der Waals surface area contributed by atoms with Crippen molar-refractivity contribution in [3.8, 4) is 0 Å². The highest BCUT2D eigenvalue weighted by atomic mass is 16.4. The van der Waals surface area contributed by atoms with Crippen molar-refractivity contribution in [2.24, 2.45) is 0 Å². The largest absolute Gasteiger partial charge is 0.480 e. The van der Waals surface area contributed by atoms with Crippen molar-refractivity contribution in [2.75, 3.05) is 13.1 Å². The van der Waals surface area contributed by atoms with Gasteiger partial charge in [0, 0.05) is 0 Å². The molecule has 1 atom stereocenters. The summed E-state index contributed by atoms with van der Waals surface area (Å²) in [4.78, 5) is 12.9. The van der Waals surface area contributed by atoms with Crippen LogP contribution in [0.15, 0.2) is 0 Å². The average Bonchev–Trinajstić information content (AvgIpc) is 2.51. The highest BCUT2D eigenvalue weighted by Gasteiger charge is 2.26. The van der Waals surface area contributed by atoms with Crippen LogP contribution >= 0.6 is 0 Å². The second kappa shape index (κ2) is 4.45. The van der Waals surface area contributed by atoms with Gasteiger partial charge in [-0.3, -0.25) is 9.69 Å². The van der Waals surface area contributed by atoms with Gasteiger partial charge in [-0.1, -0.05) is 13.3 Å². The minimum atomic E-state index is -0.654. The molecule has 0 saturated carbocycles. The minimum Gasteiger partial charge on any atom is -0.480 e.